The summed E-state index contributed by atoms with van der Waals surface area (Å²) in [5.41, 5.74) is 2.19. The number of aromatic nitrogens is 3. The first-order chi connectivity index (χ1) is 6.93. The smallest absolute Gasteiger partial charge is 0.0650 e. The summed E-state index contributed by atoms with van der Waals surface area (Å²) in [6, 6.07) is 8.24. The second-order valence-electron chi connectivity index (χ2n) is 3.05. The molecule has 0 saturated carbocycles. The maximum atomic E-state index is 4.14. The van der Waals surface area contributed by atoms with E-state index in [1.54, 1.807) is 6.20 Å². The van der Waals surface area contributed by atoms with E-state index in [1.165, 1.54) is 21.6 Å². The van der Waals surface area contributed by atoms with Crippen molar-refractivity contribution in [2.45, 2.75) is 0 Å². The molecule has 3 aromatic rings. The zero-order valence-corrected chi connectivity index (χ0v) is 8.08. The van der Waals surface area contributed by atoms with Gasteiger partial charge in [0.25, 0.3) is 0 Å². The lowest BCUT2D eigenvalue weighted by molar-refractivity contribution is 1.10. The van der Waals surface area contributed by atoms with Crippen molar-refractivity contribution in [3.05, 3.63) is 36.7 Å². The molecule has 3 nitrogen and oxygen atoms in total. The normalized spacial score (nSPS) is 10.9. The van der Waals surface area contributed by atoms with E-state index in [0.717, 1.165) is 11.3 Å². The Hall–Kier alpha value is -1.68. The highest BCUT2D eigenvalue weighted by Crippen LogP contribution is 2.24. The zero-order chi connectivity index (χ0) is 9.38. The zero-order valence-electron chi connectivity index (χ0n) is 7.27. The number of H-pyrrole nitrogens is 1. The standard InChI is InChI=1S/C10H7N3S/c1-2-10-8(6-12-14-10)5-7(1)9-3-4-11-13-9/h1-6H,(H,11,13). The maximum Gasteiger partial charge on any atom is 0.0650 e. The number of hydrogen-bond acceptors (Lipinski definition) is 3. The molecule has 0 amide bonds. The molecule has 1 N–H and O–H groups in total. The van der Waals surface area contributed by atoms with Crippen molar-refractivity contribution in [3.63, 3.8) is 0 Å². The van der Waals surface area contributed by atoms with Gasteiger partial charge in [0.2, 0.25) is 0 Å². The largest absolute Gasteiger partial charge is 0.278 e. The predicted octanol–water partition coefficient (Wildman–Crippen LogP) is 2.69. The topological polar surface area (TPSA) is 41.6 Å². The van der Waals surface area contributed by atoms with Gasteiger partial charge in [-0.25, -0.2) is 0 Å². The molecular formula is C10H7N3S. The van der Waals surface area contributed by atoms with Crippen molar-refractivity contribution in [2.24, 2.45) is 0 Å². The number of fused-ring (bicyclic) bond motifs is 1. The fourth-order valence-electron chi connectivity index (χ4n) is 1.46. The average Bonchev–Trinajstić information content (AvgIpc) is 2.88. The third-order valence-corrected chi connectivity index (χ3v) is 2.94. The van der Waals surface area contributed by atoms with E-state index >= 15 is 0 Å². The second kappa shape index (κ2) is 2.92. The number of nitrogens with zero attached hydrogens (tertiary/aromatic N) is 2. The number of hydrogen-bond donors (Lipinski definition) is 1. The van der Waals surface area contributed by atoms with Gasteiger partial charge in [-0.2, -0.15) is 9.47 Å². The summed E-state index contributed by atoms with van der Waals surface area (Å²) >= 11 is 1.52. The van der Waals surface area contributed by atoms with E-state index in [1.807, 2.05) is 12.3 Å². The van der Waals surface area contributed by atoms with Gasteiger partial charge in [-0.05, 0) is 29.7 Å². The van der Waals surface area contributed by atoms with E-state index in [-0.39, 0.29) is 0 Å². The highest BCUT2D eigenvalue weighted by atomic mass is 32.1. The summed E-state index contributed by atoms with van der Waals surface area (Å²) in [5.74, 6) is 0. The van der Waals surface area contributed by atoms with Gasteiger partial charge in [0, 0.05) is 23.3 Å². The minimum atomic E-state index is 1.04. The summed E-state index contributed by atoms with van der Waals surface area (Å²) in [6.45, 7) is 0. The second-order valence-corrected chi connectivity index (χ2v) is 3.88. The minimum Gasteiger partial charge on any atom is -0.278 e. The van der Waals surface area contributed by atoms with Crippen LogP contribution in [0.3, 0.4) is 0 Å². The molecule has 0 aliphatic carbocycles. The number of nitrogens with one attached hydrogen (secondary N) is 1. The van der Waals surface area contributed by atoms with E-state index < -0.39 is 0 Å². The van der Waals surface area contributed by atoms with Crippen LogP contribution in [0.5, 0.6) is 0 Å². The Morgan fingerprint density at radius 3 is 3.07 bits per heavy atom. The first-order valence-corrected chi connectivity index (χ1v) is 5.05. The third-order valence-electron chi connectivity index (χ3n) is 2.16. The fraction of sp³-hybridized carbons (Fsp3) is 0. The summed E-state index contributed by atoms with van der Waals surface area (Å²) in [6.07, 6.45) is 3.64. The van der Waals surface area contributed by atoms with Crippen LogP contribution in [-0.4, -0.2) is 14.6 Å². The molecule has 68 valence electrons. The van der Waals surface area contributed by atoms with Crippen molar-refractivity contribution in [1.82, 2.24) is 14.6 Å². The van der Waals surface area contributed by atoms with Gasteiger partial charge in [-0.3, -0.25) is 5.10 Å². The lowest BCUT2D eigenvalue weighted by atomic mass is 10.1. The Morgan fingerprint density at radius 2 is 2.21 bits per heavy atom. The van der Waals surface area contributed by atoms with Crippen molar-refractivity contribution in [2.75, 3.05) is 0 Å². The molecule has 2 aromatic heterocycles. The predicted molar refractivity (Wildman–Crippen MR) is 57.2 cm³/mol. The quantitative estimate of drug-likeness (QED) is 0.657. The molecule has 0 radical (unpaired) electrons. The maximum absolute atomic E-state index is 4.14. The number of benzene rings is 1. The number of aromatic amines is 1. The van der Waals surface area contributed by atoms with Gasteiger partial charge >= 0.3 is 0 Å². The highest BCUT2D eigenvalue weighted by Gasteiger charge is 2.01. The van der Waals surface area contributed by atoms with Crippen molar-refractivity contribution < 1.29 is 0 Å². The SMILES string of the molecule is c1cc(-c2ccc3sncc3c2)[nH]n1. The van der Waals surface area contributed by atoms with Crippen molar-refractivity contribution >= 4 is 21.6 Å². The molecule has 0 aliphatic rings. The van der Waals surface area contributed by atoms with Gasteiger partial charge in [0.05, 0.1) is 10.4 Å². The highest BCUT2D eigenvalue weighted by molar-refractivity contribution is 7.13. The van der Waals surface area contributed by atoms with Crippen LogP contribution in [0.2, 0.25) is 0 Å². The Labute approximate surface area is 84.6 Å². The van der Waals surface area contributed by atoms with Gasteiger partial charge in [0.1, 0.15) is 0 Å². The molecule has 4 heteroatoms. The molecule has 0 fully saturated rings. The van der Waals surface area contributed by atoms with Crippen LogP contribution in [0.1, 0.15) is 0 Å². The molecular weight excluding hydrogens is 194 g/mol. The van der Waals surface area contributed by atoms with E-state index in [0.29, 0.717) is 0 Å². The average molecular weight is 201 g/mol. The van der Waals surface area contributed by atoms with E-state index in [9.17, 15) is 0 Å². The van der Waals surface area contributed by atoms with Gasteiger partial charge in [-0.1, -0.05) is 6.07 Å². The fourth-order valence-corrected chi connectivity index (χ4v) is 2.08. The molecule has 0 saturated heterocycles. The van der Waals surface area contributed by atoms with Gasteiger partial charge in [-0.15, -0.1) is 0 Å². The Balaban J connectivity index is 2.23. The third kappa shape index (κ3) is 1.12. The number of rotatable bonds is 1. The molecule has 0 bridgehead atoms. The Kier molecular flexibility index (Phi) is 1.61. The van der Waals surface area contributed by atoms with Crippen LogP contribution in [0.25, 0.3) is 21.3 Å². The van der Waals surface area contributed by atoms with Crippen LogP contribution in [0.15, 0.2) is 36.7 Å². The monoisotopic (exact) mass is 201 g/mol. The first kappa shape index (κ1) is 7.70. The van der Waals surface area contributed by atoms with Crippen LogP contribution in [-0.2, 0) is 0 Å². The molecule has 0 atom stereocenters. The van der Waals surface area contributed by atoms with Crippen LogP contribution in [0.4, 0.5) is 0 Å². The molecule has 0 aliphatic heterocycles. The van der Waals surface area contributed by atoms with Crippen LogP contribution >= 0.6 is 11.5 Å². The molecule has 14 heavy (non-hydrogen) atoms. The van der Waals surface area contributed by atoms with E-state index in [2.05, 4.69) is 32.8 Å². The Morgan fingerprint density at radius 1 is 1.21 bits per heavy atom. The van der Waals surface area contributed by atoms with Crippen LogP contribution in [0, 0.1) is 0 Å². The molecule has 2 heterocycles. The van der Waals surface area contributed by atoms with Gasteiger partial charge < -0.3 is 0 Å². The van der Waals surface area contributed by atoms with Crippen molar-refractivity contribution in [1.29, 1.82) is 0 Å². The van der Waals surface area contributed by atoms with Crippen molar-refractivity contribution in [3.8, 4) is 11.3 Å². The first-order valence-electron chi connectivity index (χ1n) is 4.28. The van der Waals surface area contributed by atoms with Gasteiger partial charge in [0.15, 0.2) is 0 Å². The molecule has 3 rings (SSSR count). The summed E-state index contributed by atoms with van der Waals surface area (Å²) in [7, 11) is 0. The lowest BCUT2D eigenvalue weighted by Crippen LogP contribution is -1.76. The minimum absolute atomic E-state index is 1.04. The van der Waals surface area contributed by atoms with E-state index in [4.69, 9.17) is 0 Å². The molecule has 0 spiro atoms. The lowest BCUT2D eigenvalue weighted by Gasteiger charge is -1.96. The summed E-state index contributed by atoms with van der Waals surface area (Å²) < 4.78 is 5.36. The molecule has 1 aromatic carbocycles. The summed E-state index contributed by atoms with van der Waals surface area (Å²) in [4.78, 5) is 0. The molecule has 0 unspecified atom stereocenters. The van der Waals surface area contributed by atoms with Crippen LogP contribution < -0.4 is 0 Å². The summed E-state index contributed by atoms with van der Waals surface area (Å²) in [5, 5.41) is 8.05. The Bertz CT molecular complexity index is 554.